The molecule has 0 aliphatic rings. The molecule has 0 aliphatic carbocycles. The Kier molecular flexibility index (Phi) is 7.11. The summed E-state index contributed by atoms with van der Waals surface area (Å²) in [7, 11) is -2.22. The second-order valence-corrected chi connectivity index (χ2v) is 9.73. The lowest BCUT2D eigenvalue weighted by Gasteiger charge is -2.20. The molecule has 32 heavy (non-hydrogen) atoms. The molecule has 3 aromatic rings. The van der Waals surface area contributed by atoms with Gasteiger partial charge in [0.15, 0.2) is 11.7 Å². The number of nitrogens with zero attached hydrogens (tertiary/aromatic N) is 2. The summed E-state index contributed by atoms with van der Waals surface area (Å²) in [6, 6.07) is 13.0. The molecule has 2 amide bonds. The van der Waals surface area contributed by atoms with Crippen molar-refractivity contribution in [1.29, 1.82) is 0 Å². The smallest absolute Gasteiger partial charge is 0.264 e. The van der Waals surface area contributed by atoms with E-state index < -0.39 is 21.8 Å². The highest BCUT2D eigenvalue weighted by molar-refractivity contribution is 7.92. The summed E-state index contributed by atoms with van der Waals surface area (Å²) in [4.78, 5) is 27.3. The van der Waals surface area contributed by atoms with E-state index in [4.69, 9.17) is 10.5 Å². The predicted octanol–water partition coefficient (Wildman–Crippen LogP) is 2.32. The number of amides is 2. The highest BCUT2D eigenvalue weighted by Crippen LogP contribution is 2.24. The molecular weight excluding hydrogens is 452 g/mol. The number of nitrogens with two attached hydrogens (primary N) is 1. The van der Waals surface area contributed by atoms with Crippen LogP contribution in [0.4, 0.5) is 10.8 Å². The van der Waals surface area contributed by atoms with Gasteiger partial charge in [0, 0.05) is 12.4 Å². The van der Waals surface area contributed by atoms with Crippen molar-refractivity contribution in [3.8, 4) is 5.75 Å². The van der Waals surface area contributed by atoms with Gasteiger partial charge in [-0.1, -0.05) is 17.7 Å². The number of carbonyl (C=O) groups excluding carboxylic acids is 2. The zero-order valence-electron chi connectivity index (χ0n) is 17.4. The van der Waals surface area contributed by atoms with Crippen molar-refractivity contribution in [3.63, 3.8) is 0 Å². The largest absolute Gasteiger partial charge is 0.484 e. The van der Waals surface area contributed by atoms with Crippen molar-refractivity contribution >= 4 is 44.0 Å². The van der Waals surface area contributed by atoms with Crippen LogP contribution in [0.15, 0.2) is 58.8 Å². The molecule has 1 aromatic heterocycles. The van der Waals surface area contributed by atoms with Gasteiger partial charge in [0.05, 0.1) is 22.7 Å². The lowest BCUT2D eigenvalue weighted by Crippen LogP contribution is -2.26. The van der Waals surface area contributed by atoms with Crippen molar-refractivity contribution in [3.05, 3.63) is 65.2 Å². The Balaban J connectivity index is 1.57. The third kappa shape index (κ3) is 5.83. The Hall–Kier alpha value is -3.44. The number of anilines is 2. The first-order chi connectivity index (χ1) is 15.1. The molecule has 0 unspecified atom stereocenters. The third-order valence-electron chi connectivity index (χ3n) is 4.40. The predicted molar refractivity (Wildman–Crippen MR) is 122 cm³/mol. The van der Waals surface area contributed by atoms with Crippen molar-refractivity contribution in [2.24, 2.45) is 5.73 Å². The maximum atomic E-state index is 12.8. The van der Waals surface area contributed by atoms with Crippen molar-refractivity contribution in [2.75, 3.05) is 23.3 Å². The molecule has 0 bridgehead atoms. The molecule has 0 atom stereocenters. The summed E-state index contributed by atoms with van der Waals surface area (Å²) in [6.45, 7) is 1.62. The Morgan fingerprint density at radius 1 is 1.12 bits per heavy atom. The Morgan fingerprint density at radius 2 is 1.78 bits per heavy atom. The highest BCUT2D eigenvalue weighted by Gasteiger charge is 2.21. The van der Waals surface area contributed by atoms with Gasteiger partial charge >= 0.3 is 0 Å². The molecule has 1 heterocycles. The number of sulfonamides is 1. The van der Waals surface area contributed by atoms with Gasteiger partial charge in [-0.15, -0.1) is 11.3 Å². The van der Waals surface area contributed by atoms with E-state index in [-0.39, 0.29) is 17.9 Å². The molecule has 2 aromatic carbocycles. The lowest BCUT2D eigenvalue weighted by atomic mass is 10.2. The number of hydrogen-bond acceptors (Lipinski definition) is 7. The van der Waals surface area contributed by atoms with Gasteiger partial charge in [-0.25, -0.2) is 13.4 Å². The summed E-state index contributed by atoms with van der Waals surface area (Å²) in [6.07, 6.45) is 0.00327. The van der Waals surface area contributed by atoms with Crippen LogP contribution in [0.5, 0.6) is 5.75 Å². The second-order valence-electron chi connectivity index (χ2n) is 6.90. The average Bonchev–Trinajstić information content (AvgIpc) is 3.18. The van der Waals surface area contributed by atoms with E-state index in [1.54, 1.807) is 53.9 Å². The van der Waals surface area contributed by atoms with Gasteiger partial charge in [0.2, 0.25) is 5.91 Å². The normalized spacial score (nSPS) is 11.1. The molecule has 168 valence electrons. The van der Waals surface area contributed by atoms with Gasteiger partial charge in [0.25, 0.3) is 15.9 Å². The van der Waals surface area contributed by atoms with Crippen LogP contribution in [-0.4, -0.2) is 38.9 Å². The molecule has 0 aliphatic heterocycles. The van der Waals surface area contributed by atoms with Gasteiger partial charge in [-0.3, -0.25) is 19.2 Å². The summed E-state index contributed by atoms with van der Waals surface area (Å²) in [5.74, 6) is -0.524. The SMILES string of the molecule is Cc1ccc(S(=O)(=O)N(C)c2ccc(OCC(=O)Nc3nc(CC(N)=O)cs3)cc2)cc1. The quantitative estimate of drug-likeness (QED) is 0.489. The second kappa shape index (κ2) is 9.79. The zero-order valence-corrected chi connectivity index (χ0v) is 19.1. The number of benzene rings is 2. The van der Waals surface area contributed by atoms with Crippen LogP contribution in [0.1, 0.15) is 11.3 Å². The van der Waals surface area contributed by atoms with E-state index in [0.29, 0.717) is 22.3 Å². The Labute approximate surface area is 189 Å². The van der Waals surface area contributed by atoms with Gasteiger partial charge in [-0.05, 0) is 43.3 Å². The average molecular weight is 475 g/mol. The first kappa shape index (κ1) is 23.2. The van der Waals surface area contributed by atoms with Crippen molar-refractivity contribution in [1.82, 2.24) is 4.98 Å². The van der Waals surface area contributed by atoms with E-state index in [2.05, 4.69) is 10.3 Å². The van der Waals surface area contributed by atoms with Crippen LogP contribution >= 0.6 is 11.3 Å². The molecule has 0 fully saturated rings. The molecule has 9 nitrogen and oxygen atoms in total. The topological polar surface area (TPSA) is 132 Å². The maximum absolute atomic E-state index is 12.8. The number of aryl methyl sites for hydroxylation is 1. The van der Waals surface area contributed by atoms with Crippen LogP contribution in [0.3, 0.4) is 0 Å². The number of rotatable bonds is 9. The van der Waals surface area contributed by atoms with E-state index >= 15 is 0 Å². The number of carbonyl (C=O) groups is 2. The Morgan fingerprint density at radius 3 is 2.41 bits per heavy atom. The number of hydrogen-bond donors (Lipinski definition) is 2. The van der Waals surface area contributed by atoms with E-state index in [1.807, 2.05) is 6.92 Å². The zero-order chi connectivity index (χ0) is 23.3. The molecule has 0 saturated carbocycles. The molecule has 3 N–H and O–H groups in total. The highest BCUT2D eigenvalue weighted by atomic mass is 32.2. The van der Waals surface area contributed by atoms with Crippen LogP contribution in [0, 0.1) is 6.92 Å². The number of primary amides is 1. The first-order valence-corrected chi connectivity index (χ1v) is 11.8. The fourth-order valence-electron chi connectivity index (χ4n) is 2.69. The van der Waals surface area contributed by atoms with Crippen molar-refractivity contribution in [2.45, 2.75) is 18.2 Å². The van der Waals surface area contributed by atoms with Crippen molar-refractivity contribution < 1.29 is 22.7 Å². The van der Waals surface area contributed by atoms with Gasteiger partial charge < -0.3 is 10.5 Å². The third-order valence-corrected chi connectivity index (χ3v) is 7.01. The standard InChI is InChI=1S/C21H22N4O5S2/c1-14-3-9-18(10-4-14)32(28,29)25(2)16-5-7-17(8-6-16)30-12-20(27)24-21-23-15(13-31-21)11-19(22)26/h3-10,13H,11-12H2,1-2H3,(H2,22,26)(H,23,24,27). The van der Waals surface area contributed by atoms with Crippen LogP contribution in [-0.2, 0) is 26.0 Å². The monoisotopic (exact) mass is 474 g/mol. The minimum atomic E-state index is -3.69. The number of thiazole rings is 1. The van der Waals surface area contributed by atoms with E-state index in [0.717, 1.165) is 5.56 Å². The molecule has 0 radical (unpaired) electrons. The minimum Gasteiger partial charge on any atom is -0.484 e. The summed E-state index contributed by atoms with van der Waals surface area (Å²) in [5.41, 5.74) is 7.02. The molecule has 0 saturated heterocycles. The summed E-state index contributed by atoms with van der Waals surface area (Å²) >= 11 is 1.18. The summed E-state index contributed by atoms with van der Waals surface area (Å²) in [5, 5.41) is 4.56. The number of nitrogens with one attached hydrogen (secondary N) is 1. The molecular formula is C21H22N4O5S2. The van der Waals surface area contributed by atoms with Crippen LogP contribution in [0.2, 0.25) is 0 Å². The molecule has 11 heteroatoms. The van der Waals surface area contributed by atoms with Crippen LogP contribution in [0.25, 0.3) is 0 Å². The Bertz CT molecular complexity index is 1210. The number of aromatic nitrogens is 1. The fraction of sp³-hybridized carbons (Fsp3) is 0.190. The number of ether oxygens (including phenoxy) is 1. The molecule has 0 spiro atoms. The van der Waals surface area contributed by atoms with Gasteiger partial charge in [0.1, 0.15) is 5.75 Å². The minimum absolute atomic E-state index is 0.00327. The van der Waals surface area contributed by atoms with Crippen LogP contribution < -0.4 is 20.1 Å². The lowest BCUT2D eigenvalue weighted by molar-refractivity contribution is -0.118. The molecule has 3 rings (SSSR count). The first-order valence-electron chi connectivity index (χ1n) is 9.46. The maximum Gasteiger partial charge on any atom is 0.264 e. The fourth-order valence-corrected chi connectivity index (χ4v) is 4.61. The van der Waals surface area contributed by atoms with E-state index in [9.17, 15) is 18.0 Å². The van der Waals surface area contributed by atoms with E-state index in [1.165, 1.54) is 22.7 Å². The summed E-state index contributed by atoms with van der Waals surface area (Å²) < 4.78 is 32.2. The van der Waals surface area contributed by atoms with Gasteiger partial charge in [-0.2, -0.15) is 0 Å².